The minimum absolute atomic E-state index is 0. The van der Waals surface area contributed by atoms with Gasteiger partial charge in [0.1, 0.15) is 0 Å². The topological polar surface area (TPSA) is 65.7 Å². The van der Waals surface area contributed by atoms with Crippen LogP contribution in [0.1, 0.15) is 63.8 Å². The first-order valence-electron chi connectivity index (χ1n) is 9.27. The molecule has 1 aromatic heterocycles. The Morgan fingerprint density at radius 2 is 2.12 bits per heavy atom. The van der Waals surface area contributed by atoms with Crippen molar-refractivity contribution in [1.29, 1.82) is 0 Å². The van der Waals surface area contributed by atoms with E-state index < -0.39 is 0 Å². The molecule has 6 nitrogen and oxygen atoms in total. The van der Waals surface area contributed by atoms with Crippen molar-refractivity contribution in [2.45, 2.75) is 65.0 Å². The largest absolute Gasteiger partial charge is 0.359 e. The van der Waals surface area contributed by atoms with Crippen LogP contribution in [0.25, 0.3) is 0 Å². The average Bonchev–Trinajstić information content (AvgIpc) is 3.07. The molecule has 0 saturated carbocycles. The van der Waals surface area contributed by atoms with Crippen LogP contribution in [0, 0.1) is 0 Å². The van der Waals surface area contributed by atoms with Gasteiger partial charge in [-0.05, 0) is 31.7 Å². The minimum atomic E-state index is 0. The fourth-order valence-electron chi connectivity index (χ4n) is 2.93. The highest BCUT2D eigenvalue weighted by atomic mass is 127. The van der Waals surface area contributed by atoms with Crippen molar-refractivity contribution < 1.29 is 4.52 Å². The van der Waals surface area contributed by atoms with E-state index in [9.17, 15) is 0 Å². The quantitative estimate of drug-likeness (QED) is 0.369. The fourth-order valence-corrected chi connectivity index (χ4v) is 2.93. The number of aliphatic imine (C=N–C) groups is 1. The maximum Gasteiger partial charge on any atom is 0.191 e. The molecule has 2 rings (SSSR count). The summed E-state index contributed by atoms with van der Waals surface area (Å²) in [6.45, 7) is 10.7. The van der Waals surface area contributed by atoms with Gasteiger partial charge in [-0.1, -0.05) is 32.3 Å². The van der Waals surface area contributed by atoms with Crippen LogP contribution in [0.15, 0.2) is 15.6 Å². The molecule has 0 aromatic carbocycles. The lowest BCUT2D eigenvalue weighted by Gasteiger charge is -2.33. The zero-order chi connectivity index (χ0) is 17.4. The third-order valence-corrected chi connectivity index (χ3v) is 4.58. The number of aromatic nitrogens is 1. The third kappa shape index (κ3) is 7.52. The number of guanidine groups is 1. The second kappa shape index (κ2) is 11.7. The van der Waals surface area contributed by atoms with E-state index in [0.29, 0.717) is 18.5 Å². The molecule has 7 heteroatoms. The zero-order valence-corrected chi connectivity index (χ0v) is 18.4. The molecule has 0 atom stereocenters. The summed E-state index contributed by atoms with van der Waals surface area (Å²) in [6, 6.07) is 2.51. The van der Waals surface area contributed by atoms with Gasteiger partial charge in [0.05, 0.1) is 12.2 Å². The van der Waals surface area contributed by atoms with Crippen molar-refractivity contribution in [2.24, 2.45) is 4.99 Å². The van der Waals surface area contributed by atoms with E-state index in [1.165, 1.54) is 45.3 Å². The summed E-state index contributed by atoms with van der Waals surface area (Å²) < 4.78 is 5.36. The lowest BCUT2D eigenvalue weighted by molar-refractivity contribution is 0.203. The molecule has 1 aromatic rings. The predicted octanol–water partition coefficient (Wildman–Crippen LogP) is 3.35. The van der Waals surface area contributed by atoms with Crippen LogP contribution in [0.2, 0.25) is 0 Å². The first-order chi connectivity index (χ1) is 11.6. The van der Waals surface area contributed by atoms with E-state index in [1.54, 1.807) is 0 Å². The molecule has 0 bridgehead atoms. The number of hydrogen-bond donors (Lipinski definition) is 2. The van der Waals surface area contributed by atoms with Crippen LogP contribution in [-0.4, -0.2) is 48.7 Å². The second-order valence-corrected chi connectivity index (χ2v) is 6.91. The molecule has 144 valence electrons. The van der Waals surface area contributed by atoms with Crippen LogP contribution in [-0.2, 0) is 6.54 Å². The average molecular weight is 463 g/mol. The van der Waals surface area contributed by atoms with E-state index >= 15 is 0 Å². The molecule has 0 radical (unpaired) electrons. The molecular weight excluding hydrogens is 429 g/mol. The summed E-state index contributed by atoms with van der Waals surface area (Å²) in [7, 11) is 1.81. The molecule has 0 aliphatic carbocycles. The summed E-state index contributed by atoms with van der Waals surface area (Å²) >= 11 is 0. The molecule has 1 aliphatic rings. The highest BCUT2D eigenvalue weighted by Crippen LogP contribution is 2.14. The van der Waals surface area contributed by atoms with Gasteiger partial charge >= 0.3 is 0 Å². The van der Waals surface area contributed by atoms with E-state index in [1.807, 2.05) is 13.1 Å². The molecule has 25 heavy (non-hydrogen) atoms. The molecule has 1 fully saturated rings. The summed E-state index contributed by atoms with van der Waals surface area (Å²) in [5.41, 5.74) is 0.995. The van der Waals surface area contributed by atoms with E-state index in [4.69, 9.17) is 4.52 Å². The Bertz CT molecular complexity index is 509. The predicted molar refractivity (Wildman–Crippen MR) is 114 cm³/mol. The highest BCUT2D eigenvalue weighted by Gasteiger charge is 2.19. The van der Waals surface area contributed by atoms with Crippen molar-refractivity contribution in [1.82, 2.24) is 20.7 Å². The molecular formula is C18H34IN5O. The van der Waals surface area contributed by atoms with Gasteiger partial charge in [-0.25, -0.2) is 0 Å². The number of halogens is 1. The number of rotatable bonds is 7. The standard InChI is InChI=1S/C18H33N5O.HI/c1-5-6-9-23-10-7-15(8-11-23)21-18(19-4)20-13-16-12-17(14(2)3)22-24-16;/h12,14-15H,5-11,13H2,1-4H3,(H2,19,20,21);1H. The molecule has 0 amide bonds. The number of unbranched alkanes of at least 4 members (excludes halogenated alkanes) is 1. The van der Waals surface area contributed by atoms with Gasteiger partial charge in [-0.3, -0.25) is 4.99 Å². The van der Waals surface area contributed by atoms with E-state index in [2.05, 4.69) is 46.5 Å². The van der Waals surface area contributed by atoms with Gasteiger partial charge in [-0.15, -0.1) is 24.0 Å². The Morgan fingerprint density at radius 3 is 2.68 bits per heavy atom. The Kier molecular flexibility index (Phi) is 10.4. The molecule has 1 saturated heterocycles. The van der Waals surface area contributed by atoms with Gasteiger partial charge in [0.2, 0.25) is 0 Å². The van der Waals surface area contributed by atoms with Crippen LogP contribution in [0.4, 0.5) is 0 Å². The number of nitrogens with one attached hydrogen (secondary N) is 2. The minimum Gasteiger partial charge on any atom is -0.359 e. The summed E-state index contributed by atoms with van der Waals surface area (Å²) in [4.78, 5) is 6.90. The van der Waals surface area contributed by atoms with Crippen molar-refractivity contribution in [3.63, 3.8) is 0 Å². The molecule has 0 spiro atoms. The zero-order valence-electron chi connectivity index (χ0n) is 16.0. The summed E-state index contributed by atoms with van der Waals surface area (Å²) in [5, 5.41) is 10.9. The lowest BCUT2D eigenvalue weighted by Crippen LogP contribution is -2.48. The Hall–Kier alpha value is -0.830. The molecule has 1 aliphatic heterocycles. The summed E-state index contributed by atoms with van der Waals surface area (Å²) in [6.07, 6.45) is 4.92. The van der Waals surface area contributed by atoms with Gasteiger partial charge < -0.3 is 20.1 Å². The normalized spacial score (nSPS) is 16.8. The van der Waals surface area contributed by atoms with Gasteiger partial charge in [0, 0.05) is 32.2 Å². The van der Waals surface area contributed by atoms with Crippen molar-refractivity contribution in [3.05, 3.63) is 17.5 Å². The number of hydrogen-bond acceptors (Lipinski definition) is 4. The van der Waals surface area contributed by atoms with Gasteiger partial charge in [0.25, 0.3) is 0 Å². The number of piperidine rings is 1. The van der Waals surface area contributed by atoms with Crippen molar-refractivity contribution in [3.8, 4) is 0 Å². The smallest absolute Gasteiger partial charge is 0.191 e. The number of nitrogens with zero attached hydrogens (tertiary/aromatic N) is 3. The second-order valence-electron chi connectivity index (χ2n) is 6.91. The van der Waals surface area contributed by atoms with E-state index in [0.717, 1.165) is 17.4 Å². The number of likely N-dealkylation sites (tertiary alicyclic amines) is 1. The maximum absolute atomic E-state index is 5.36. The fraction of sp³-hybridized carbons (Fsp3) is 0.778. The highest BCUT2D eigenvalue weighted by molar-refractivity contribution is 14.0. The Balaban J connectivity index is 0.00000312. The van der Waals surface area contributed by atoms with Gasteiger partial charge in [-0.2, -0.15) is 0 Å². The molecule has 2 heterocycles. The first-order valence-corrected chi connectivity index (χ1v) is 9.27. The molecule has 0 unspecified atom stereocenters. The van der Waals surface area contributed by atoms with Crippen LogP contribution >= 0.6 is 24.0 Å². The maximum atomic E-state index is 5.36. The van der Waals surface area contributed by atoms with E-state index in [-0.39, 0.29) is 24.0 Å². The van der Waals surface area contributed by atoms with Crippen LogP contribution in [0.5, 0.6) is 0 Å². The van der Waals surface area contributed by atoms with Crippen LogP contribution in [0.3, 0.4) is 0 Å². The lowest BCUT2D eigenvalue weighted by atomic mass is 10.0. The third-order valence-electron chi connectivity index (χ3n) is 4.58. The Morgan fingerprint density at radius 1 is 1.40 bits per heavy atom. The Labute approximate surface area is 169 Å². The van der Waals surface area contributed by atoms with Crippen LogP contribution < -0.4 is 10.6 Å². The SMILES string of the molecule is CCCCN1CCC(NC(=NC)NCc2cc(C(C)C)no2)CC1.I. The van der Waals surface area contributed by atoms with Gasteiger partial charge in [0.15, 0.2) is 11.7 Å². The monoisotopic (exact) mass is 463 g/mol. The first kappa shape index (κ1) is 22.2. The van der Waals surface area contributed by atoms with Crippen molar-refractivity contribution in [2.75, 3.05) is 26.7 Å². The molecule has 2 N–H and O–H groups in total. The summed E-state index contributed by atoms with van der Waals surface area (Å²) in [5.74, 6) is 2.07. The van der Waals surface area contributed by atoms with Crippen molar-refractivity contribution >= 4 is 29.9 Å².